The first-order valence-electron chi connectivity index (χ1n) is 17.5. The number of nitrogens with one attached hydrogen (secondary N) is 2. The maximum atomic E-state index is 6.12. The van der Waals surface area contributed by atoms with E-state index in [2.05, 4.69) is 95.6 Å². The fraction of sp³-hybridized carbons (Fsp3) is 0.136. The first kappa shape index (κ1) is 34.9. The van der Waals surface area contributed by atoms with Gasteiger partial charge in [0.1, 0.15) is 0 Å². The van der Waals surface area contributed by atoms with Gasteiger partial charge in [-0.05, 0) is 97.5 Å². The first-order chi connectivity index (χ1) is 24.8. The number of aryl methyl sites for hydroxylation is 2. The minimum absolute atomic E-state index is 0. The molecule has 9 rings (SSSR count). The zero-order valence-electron chi connectivity index (χ0n) is 28.5. The van der Waals surface area contributed by atoms with Gasteiger partial charge in [-0.1, -0.05) is 85.6 Å². The summed E-state index contributed by atoms with van der Waals surface area (Å²) in [6, 6.07) is 45.4. The predicted molar refractivity (Wildman–Crippen MR) is 220 cm³/mol. The summed E-state index contributed by atoms with van der Waals surface area (Å²) >= 11 is 0. The van der Waals surface area contributed by atoms with Crippen molar-refractivity contribution in [3.05, 3.63) is 145 Å². The van der Waals surface area contributed by atoms with Crippen molar-refractivity contribution in [2.75, 3.05) is 10.6 Å². The number of rotatable bonds is 0. The van der Waals surface area contributed by atoms with Crippen LogP contribution in [0.3, 0.4) is 0 Å². The second-order valence-electron chi connectivity index (χ2n) is 12.9. The van der Waals surface area contributed by atoms with Crippen LogP contribution in [0.1, 0.15) is 36.8 Å². The first-order valence-corrected chi connectivity index (χ1v) is 17.5. The lowest BCUT2D eigenvalue weighted by molar-refractivity contribution is -0.0984. The van der Waals surface area contributed by atoms with E-state index < -0.39 is 0 Å². The standard InChI is InChI=1S/C44H36N4O2.2ClH/c1-2-4-18-32-30-16-6-8-20-34(30)46-38-24-14-26-40(44(32)38)48-36-22-10-12-28-42(36)50-49-41-27-11-9-21-35(41)47-39-25-13-23-37-43(39)31(17-3-1)29-15-5-7-19-33(29)45-37;;/h5-16,19-28,47-48H,1-4,17-18H2;2*1H. The lowest BCUT2D eigenvalue weighted by Gasteiger charge is -2.19. The SMILES string of the molecule is Cl.Cl.c1ccc2c(c1)Nc1cccc3nc4ccccc4c(c13)CCCCCCc1c3ccccc3nc3cccc(c13)Nc1ccccc1OO2. The van der Waals surface area contributed by atoms with E-state index in [-0.39, 0.29) is 24.8 Å². The summed E-state index contributed by atoms with van der Waals surface area (Å²) in [4.78, 5) is 22.4. The molecule has 0 fully saturated rings. The van der Waals surface area contributed by atoms with Crippen LogP contribution in [0.2, 0.25) is 0 Å². The molecule has 6 nitrogen and oxygen atoms in total. The minimum atomic E-state index is 0. The molecule has 0 spiro atoms. The van der Waals surface area contributed by atoms with Gasteiger partial charge in [-0.3, -0.25) is 9.78 Å². The zero-order valence-corrected chi connectivity index (χ0v) is 30.1. The van der Waals surface area contributed by atoms with Crippen molar-refractivity contribution < 1.29 is 9.78 Å². The van der Waals surface area contributed by atoms with Gasteiger partial charge < -0.3 is 10.6 Å². The van der Waals surface area contributed by atoms with Crippen molar-refractivity contribution in [3.63, 3.8) is 0 Å². The molecule has 1 aliphatic heterocycles. The molecule has 0 saturated carbocycles. The predicted octanol–water partition coefficient (Wildman–Crippen LogP) is 12.5. The van der Waals surface area contributed by atoms with E-state index in [1.165, 1.54) is 21.9 Å². The van der Waals surface area contributed by atoms with E-state index in [9.17, 15) is 0 Å². The highest BCUT2D eigenvalue weighted by molar-refractivity contribution is 6.05. The van der Waals surface area contributed by atoms with Gasteiger partial charge in [-0.15, -0.1) is 24.8 Å². The van der Waals surface area contributed by atoms with Crippen molar-refractivity contribution in [2.24, 2.45) is 0 Å². The summed E-state index contributed by atoms with van der Waals surface area (Å²) in [5.74, 6) is 1.15. The van der Waals surface area contributed by atoms with Gasteiger partial charge in [-0.25, -0.2) is 9.97 Å². The Labute approximate surface area is 315 Å². The Morgan fingerprint density at radius 3 is 1.25 bits per heavy atom. The minimum Gasteiger partial charge on any atom is -0.352 e. The highest BCUT2D eigenvalue weighted by atomic mass is 35.5. The number of benzene rings is 6. The molecule has 0 amide bonds. The molecule has 3 heterocycles. The van der Waals surface area contributed by atoms with Crippen molar-refractivity contribution >= 4 is 91.2 Å². The van der Waals surface area contributed by atoms with E-state index in [4.69, 9.17) is 19.7 Å². The number of hydrogen-bond acceptors (Lipinski definition) is 6. The fourth-order valence-electron chi connectivity index (χ4n) is 7.43. The lowest BCUT2D eigenvalue weighted by atomic mass is 9.94. The van der Waals surface area contributed by atoms with Crippen LogP contribution >= 0.6 is 24.8 Å². The van der Waals surface area contributed by atoms with Crippen LogP contribution in [0, 0.1) is 0 Å². The quantitative estimate of drug-likeness (QED) is 0.120. The summed E-state index contributed by atoms with van der Waals surface area (Å²) in [5, 5.41) is 12.1. The Bertz CT molecular complexity index is 2360. The Morgan fingerprint density at radius 2 is 0.769 bits per heavy atom. The molecule has 2 N–H and O–H groups in total. The molecule has 0 atom stereocenters. The Morgan fingerprint density at radius 1 is 0.385 bits per heavy atom. The summed E-state index contributed by atoms with van der Waals surface area (Å²) < 4.78 is 0. The van der Waals surface area contributed by atoms with E-state index in [0.29, 0.717) is 11.5 Å². The highest BCUT2D eigenvalue weighted by Crippen LogP contribution is 2.39. The number of hydrogen-bond donors (Lipinski definition) is 2. The number of halogens is 2. The number of pyridine rings is 2. The molecular weight excluding hydrogens is 687 g/mol. The van der Waals surface area contributed by atoms with Gasteiger partial charge in [-0.2, -0.15) is 0 Å². The molecular formula is C44H38Cl2N4O2. The molecule has 0 radical (unpaired) electrons. The smallest absolute Gasteiger partial charge is 0.201 e. The van der Waals surface area contributed by atoms with E-state index in [0.717, 1.165) is 94.1 Å². The molecule has 0 aliphatic carbocycles. The van der Waals surface area contributed by atoms with Gasteiger partial charge in [0.25, 0.3) is 0 Å². The average Bonchev–Trinajstić information content (AvgIpc) is 3.15. The van der Waals surface area contributed by atoms with Crippen molar-refractivity contribution in [3.8, 4) is 11.5 Å². The fourth-order valence-corrected chi connectivity index (χ4v) is 7.43. The monoisotopic (exact) mass is 724 g/mol. The van der Waals surface area contributed by atoms with Crippen LogP contribution in [0.15, 0.2) is 133 Å². The molecule has 0 unspecified atom stereocenters. The topological polar surface area (TPSA) is 68.3 Å². The number of para-hydroxylation sites is 6. The molecule has 0 bridgehead atoms. The second-order valence-corrected chi connectivity index (χ2v) is 12.9. The van der Waals surface area contributed by atoms with Crippen molar-refractivity contribution in [1.82, 2.24) is 9.97 Å². The highest BCUT2D eigenvalue weighted by Gasteiger charge is 2.17. The molecule has 1 aliphatic rings. The van der Waals surface area contributed by atoms with Gasteiger partial charge in [0.15, 0.2) is 0 Å². The van der Waals surface area contributed by atoms with Crippen LogP contribution in [0.5, 0.6) is 11.5 Å². The van der Waals surface area contributed by atoms with Crippen molar-refractivity contribution in [2.45, 2.75) is 38.5 Å². The summed E-state index contributed by atoms with van der Waals surface area (Å²) in [7, 11) is 0. The number of anilines is 4. The maximum Gasteiger partial charge on any atom is 0.201 e. The average molecular weight is 726 g/mol. The van der Waals surface area contributed by atoms with Crippen LogP contribution in [-0.2, 0) is 12.8 Å². The number of fused-ring (bicyclic) bond motifs is 6. The van der Waals surface area contributed by atoms with Crippen LogP contribution in [0.4, 0.5) is 22.7 Å². The number of nitrogens with zero attached hydrogens (tertiary/aromatic N) is 2. The van der Waals surface area contributed by atoms with E-state index >= 15 is 0 Å². The second kappa shape index (κ2) is 15.4. The number of aromatic nitrogens is 2. The largest absolute Gasteiger partial charge is 0.352 e. The Balaban J connectivity index is 0.00000210. The van der Waals surface area contributed by atoms with E-state index in [1.54, 1.807) is 0 Å². The normalized spacial score (nSPS) is 13.2. The third-order valence-electron chi connectivity index (χ3n) is 9.77. The van der Waals surface area contributed by atoms with Gasteiger partial charge in [0, 0.05) is 32.9 Å². The molecule has 0 saturated heterocycles. The summed E-state index contributed by atoms with van der Waals surface area (Å²) in [6.07, 6.45) is 6.39. The van der Waals surface area contributed by atoms with Crippen molar-refractivity contribution in [1.29, 1.82) is 0 Å². The summed E-state index contributed by atoms with van der Waals surface area (Å²) in [6.45, 7) is 0. The lowest BCUT2D eigenvalue weighted by Crippen LogP contribution is -2.06. The molecule has 2 aromatic heterocycles. The van der Waals surface area contributed by atoms with E-state index in [1.807, 2.05) is 48.5 Å². The third kappa shape index (κ3) is 6.63. The van der Waals surface area contributed by atoms with Crippen LogP contribution in [0.25, 0.3) is 43.6 Å². The molecule has 6 aromatic carbocycles. The van der Waals surface area contributed by atoms with Crippen LogP contribution in [-0.4, -0.2) is 9.97 Å². The van der Waals surface area contributed by atoms with Gasteiger partial charge in [0.05, 0.1) is 33.4 Å². The Hall–Kier alpha value is -5.56. The zero-order chi connectivity index (χ0) is 33.3. The third-order valence-corrected chi connectivity index (χ3v) is 9.77. The summed E-state index contributed by atoms with van der Waals surface area (Å²) in [5.41, 5.74) is 10.3. The Kier molecular flexibility index (Phi) is 10.3. The molecule has 8 aromatic rings. The molecule has 8 heteroatoms. The molecule has 52 heavy (non-hydrogen) atoms. The molecule has 260 valence electrons. The van der Waals surface area contributed by atoms with Gasteiger partial charge >= 0.3 is 0 Å². The van der Waals surface area contributed by atoms with Gasteiger partial charge in [0.2, 0.25) is 11.5 Å². The maximum absolute atomic E-state index is 6.12. The van der Waals surface area contributed by atoms with Crippen LogP contribution < -0.4 is 20.4 Å².